The van der Waals surface area contributed by atoms with E-state index in [-0.39, 0.29) is 11.2 Å². The summed E-state index contributed by atoms with van der Waals surface area (Å²) in [5.41, 5.74) is 1.95. The summed E-state index contributed by atoms with van der Waals surface area (Å²) in [7, 11) is 0. The molecule has 1 aromatic carbocycles. The SMILES string of the molecule is O=c1[nH]c2ccc(-c3cccnc3)cc2c(=O)n1CCC1CCCCC1. The number of aromatic amines is 1. The first-order chi connectivity index (χ1) is 12.7. The lowest BCUT2D eigenvalue weighted by atomic mass is 9.87. The molecular weight excluding hydrogens is 326 g/mol. The molecule has 0 bridgehead atoms. The van der Waals surface area contributed by atoms with Crippen molar-refractivity contribution in [1.82, 2.24) is 14.5 Å². The monoisotopic (exact) mass is 349 g/mol. The summed E-state index contributed by atoms with van der Waals surface area (Å²) in [4.78, 5) is 32.3. The molecule has 3 aromatic rings. The fourth-order valence-corrected chi connectivity index (χ4v) is 3.95. The average molecular weight is 349 g/mol. The van der Waals surface area contributed by atoms with E-state index in [1.54, 1.807) is 18.5 Å². The van der Waals surface area contributed by atoms with Gasteiger partial charge in [-0.3, -0.25) is 14.3 Å². The van der Waals surface area contributed by atoms with Gasteiger partial charge < -0.3 is 4.98 Å². The Labute approximate surface area is 151 Å². The number of aromatic nitrogens is 3. The Morgan fingerprint density at radius 2 is 1.92 bits per heavy atom. The first-order valence-electron chi connectivity index (χ1n) is 9.39. The van der Waals surface area contributed by atoms with Crippen LogP contribution in [0.15, 0.2) is 52.3 Å². The zero-order chi connectivity index (χ0) is 17.9. The first kappa shape index (κ1) is 16.8. The summed E-state index contributed by atoms with van der Waals surface area (Å²) in [5, 5.41) is 0.551. The van der Waals surface area contributed by atoms with Gasteiger partial charge in [0.2, 0.25) is 0 Å². The third-order valence-electron chi connectivity index (χ3n) is 5.46. The molecule has 0 atom stereocenters. The molecule has 2 aromatic heterocycles. The van der Waals surface area contributed by atoms with E-state index in [9.17, 15) is 9.59 Å². The van der Waals surface area contributed by atoms with Crippen LogP contribution in [-0.4, -0.2) is 14.5 Å². The Kier molecular flexibility index (Phi) is 4.69. The topological polar surface area (TPSA) is 67.8 Å². The van der Waals surface area contributed by atoms with Gasteiger partial charge in [0.25, 0.3) is 5.56 Å². The van der Waals surface area contributed by atoms with Gasteiger partial charge in [0.05, 0.1) is 10.9 Å². The van der Waals surface area contributed by atoms with Crippen molar-refractivity contribution in [2.24, 2.45) is 5.92 Å². The number of hydrogen-bond acceptors (Lipinski definition) is 3. The molecular formula is C21H23N3O2. The summed E-state index contributed by atoms with van der Waals surface area (Å²) < 4.78 is 1.37. The highest BCUT2D eigenvalue weighted by molar-refractivity contribution is 5.83. The van der Waals surface area contributed by atoms with Gasteiger partial charge in [-0.05, 0) is 36.1 Å². The van der Waals surface area contributed by atoms with E-state index in [0.29, 0.717) is 23.4 Å². The van der Waals surface area contributed by atoms with Crippen LogP contribution in [0.5, 0.6) is 0 Å². The minimum Gasteiger partial charge on any atom is -0.307 e. The highest BCUT2D eigenvalue weighted by Gasteiger charge is 2.15. The highest BCUT2D eigenvalue weighted by Crippen LogP contribution is 2.26. The lowest BCUT2D eigenvalue weighted by Crippen LogP contribution is -2.35. The minimum absolute atomic E-state index is 0.203. The second-order valence-electron chi connectivity index (χ2n) is 7.18. The lowest BCUT2D eigenvalue weighted by Gasteiger charge is -2.21. The Morgan fingerprint density at radius 3 is 2.69 bits per heavy atom. The molecule has 26 heavy (non-hydrogen) atoms. The standard InChI is InChI=1S/C21H23N3O2/c25-20-18-13-16(17-7-4-11-22-14-17)8-9-19(18)23-21(26)24(20)12-10-15-5-2-1-3-6-15/h4,7-9,11,13-15H,1-3,5-6,10,12H2,(H,23,26). The smallest absolute Gasteiger partial charge is 0.307 e. The molecule has 4 rings (SSSR count). The summed E-state index contributed by atoms with van der Waals surface area (Å²) in [6.07, 6.45) is 10.7. The fourth-order valence-electron chi connectivity index (χ4n) is 3.95. The lowest BCUT2D eigenvalue weighted by molar-refractivity contribution is 0.321. The van der Waals surface area contributed by atoms with Crippen LogP contribution in [0.1, 0.15) is 38.5 Å². The van der Waals surface area contributed by atoms with Crippen molar-refractivity contribution in [3.05, 3.63) is 63.6 Å². The molecule has 0 saturated heterocycles. The molecule has 5 heteroatoms. The maximum absolute atomic E-state index is 12.9. The molecule has 0 aliphatic heterocycles. The van der Waals surface area contributed by atoms with Crippen LogP contribution in [0.4, 0.5) is 0 Å². The van der Waals surface area contributed by atoms with Crippen molar-refractivity contribution >= 4 is 10.9 Å². The van der Waals surface area contributed by atoms with Crippen molar-refractivity contribution in [1.29, 1.82) is 0 Å². The van der Waals surface area contributed by atoms with E-state index < -0.39 is 0 Å². The van der Waals surface area contributed by atoms with Gasteiger partial charge in [-0.25, -0.2) is 4.79 Å². The molecule has 0 amide bonds. The number of nitrogens with one attached hydrogen (secondary N) is 1. The van der Waals surface area contributed by atoms with Gasteiger partial charge >= 0.3 is 5.69 Å². The van der Waals surface area contributed by atoms with E-state index in [4.69, 9.17) is 0 Å². The van der Waals surface area contributed by atoms with E-state index in [1.165, 1.54) is 36.7 Å². The molecule has 0 spiro atoms. The summed E-state index contributed by atoms with van der Waals surface area (Å²) in [6.45, 7) is 0.492. The number of nitrogens with zero attached hydrogens (tertiary/aromatic N) is 2. The van der Waals surface area contributed by atoms with Crippen LogP contribution in [0.2, 0.25) is 0 Å². The van der Waals surface area contributed by atoms with Gasteiger partial charge in [-0.1, -0.05) is 44.2 Å². The van der Waals surface area contributed by atoms with Crippen LogP contribution < -0.4 is 11.2 Å². The molecule has 134 valence electrons. The average Bonchev–Trinajstić information content (AvgIpc) is 2.69. The molecule has 1 aliphatic rings. The molecule has 0 radical (unpaired) electrons. The molecule has 1 N–H and O–H groups in total. The number of pyridine rings is 1. The van der Waals surface area contributed by atoms with Crippen molar-refractivity contribution in [3.63, 3.8) is 0 Å². The molecule has 1 saturated carbocycles. The van der Waals surface area contributed by atoms with Crippen molar-refractivity contribution < 1.29 is 0 Å². The van der Waals surface area contributed by atoms with Crippen molar-refractivity contribution in [2.45, 2.75) is 45.1 Å². The number of H-pyrrole nitrogens is 1. The summed E-state index contributed by atoms with van der Waals surface area (Å²) in [5.74, 6) is 0.632. The maximum atomic E-state index is 12.9. The molecule has 5 nitrogen and oxygen atoms in total. The molecule has 1 fully saturated rings. The number of fused-ring (bicyclic) bond motifs is 1. The van der Waals surface area contributed by atoms with Gasteiger partial charge in [0, 0.05) is 24.5 Å². The Morgan fingerprint density at radius 1 is 1.08 bits per heavy atom. The van der Waals surface area contributed by atoms with Gasteiger partial charge in [-0.2, -0.15) is 0 Å². The maximum Gasteiger partial charge on any atom is 0.328 e. The van der Waals surface area contributed by atoms with Gasteiger partial charge in [0.1, 0.15) is 0 Å². The molecule has 0 unspecified atom stereocenters. The van der Waals surface area contributed by atoms with E-state index in [1.807, 2.05) is 24.3 Å². The first-order valence-corrected chi connectivity index (χ1v) is 9.39. The van der Waals surface area contributed by atoms with Crippen LogP contribution in [-0.2, 0) is 6.54 Å². The number of benzene rings is 1. The van der Waals surface area contributed by atoms with E-state index >= 15 is 0 Å². The predicted octanol–water partition coefficient (Wildman–Crippen LogP) is 3.72. The quantitative estimate of drug-likeness (QED) is 0.780. The zero-order valence-electron chi connectivity index (χ0n) is 14.8. The van der Waals surface area contributed by atoms with Gasteiger partial charge in [-0.15, -0.1) is 0 Å². The fraction of sp³-hybridized carbons (Fsp3) is 0.381. The number of hydrogen-bond donors (Lipinski definition) is 1. The Hall–Kier alpha value is -2.69. The zero-order valence-corrected chi connectivity index (χ0v) is 14.8. The second kappa shape index (κ2) is 7.28. The third kappa shape index (κ3) is 3.34. The van der Waals surface area contributed by atoms with E-state index in [2.05, 4.69) is 9.97 Å². The third-order valence-corrected chi connectivity index (χ3v) is 5.46. The Bertz CT molecular complexity index is 1010. The normalized spacial score (nSPS) is 15.4. The molecule has 1 aliphatic carbocycles. The summed E-state index contributed by atoms with van der Waals surface area (Å²) >= 11 is 0. The molecule has 2 heterocycles. The Balaban J connectivity index is 1.69. The van der Waals surface area contributed by atoms with Gasteiger partial charge in [0.15, 0.2) is 0 Å². The van der Waals surface area contributed by atoms with Crippen molar-refractivity contribution in [2.75, 3.05) is 0 Å². The van der Waals surface area contributed by atoms with Crippen LogP contribution in [0.25, 0.3) is 22.0 Å². The van der Waals surface area contributed by atoms with Crippen LogP contribution >= 0.6 is 0 Å². The van der Waals surface area contributed by atoms with Crippen LogP contribution in [0, 0.1) is 5.92 Å². The largest absolute Gasteiger partial charge is 0.328 e. The second-order valence-corrected chi connectivity index (χ2v) is 7.18. The predicted molar refractivity (Wildman–Crippen MR) is 103 cm³/mol. The van der Waals surface area contributed by atoms with Crippen molar-refractivity contribution in [3.8, 4) is 11.1 Å². The number of rotatable bonds is 4. The minimum atomic E-state index is -0.313. The summed E-state index contributed by atoms with van der Waals surface area (Å²) in [6, 6.07) is 9.38. The highest BCUT2D eigenvalue weighted by atomic mass is 16.2. The van der Waals surface area contributed by atoms with Crippen LogP contribution in [0.3, 0.4) is 0 Å². The van der Waals surface area contributed by atoms with E-state index in [0.717, 1.165) is 17.5 Å².